The number of aromatic nitrogens is 1. The summed E-state index contributed by atoms with van der Waals surface area (Å²) in [4.78, 5) is 12.8. The van der Waals surface area contributed by atoms with E-state index in [0.29, 0.717) is 22.6 Å². The number of halogens is 1. The summed E-state index contributed by atoms with van der Waals surface area (Å²) in [5.41, 5.74) is 3.58. The molecule has 0 saturated carbocycles. The Morgan fingerprint density at radius 1 is 1.08 bits per heavy atom. The van der Waals surface area contributed by atoms with Gasteiger partial charge in [-0.15, -0.1) is 0 Å². The number of rotatable bonds is 4. The van der Waals surface area contributed by atoms with Crippen LogP contribution in [0.2, 0.25) is 0 Å². The molecule has 0 bridgehead atoms. The van der Waals surface area contributed by atoms with E-state index in [0.717, 1.165) is 11.1 Å². The molecular weight excluding hydrogens is 319 g/mol. The van der Waals surface area contributed by atoms with Gasteiger partial charge in [0.2, 0.25) is 0 Å². The molecule has 0 radical (unpaired) electrons. The summed E-state index contributed by atoms with van der Waals surface area (Å²) in [6.45, 7) is 5.62. The van der Waals surface area contributed by atoms with Gasteiger partial charge in [0.15, 0.2) is 0 Å². The highest BCUT2D eigenvalue weighted by molar-refractivity contribution is 6.00. The minimum Gasteiger partial charge on any atom is -0.360 e. The third-order valence-electron chi connectivity index (χ3n) is 4.13. The van der Waals surface area contributed by atoms with Gasteiger partial charge in [-0.05, 0) is 50.6 Å². The van der Waals surface area contributed by atoms with Crippen LogP contribution in [0.15, 0.2) is 53.1 Å². The molecule has 4 nitrogen and oxygen atoms in total. The molecule has 5 heteroatoms. The second kappa shape index (κ2) is 6.89. The number of carbonyl (C=O) groups excluding carboxylic acids is 1. The predicted molar refractivity (Wildman–Crippen MR) is 93.7 cm³/mol. The Balaban J connectivity index is 1.86. The molecule has 0 saturated heterocycles. The molecule has 0 aliphatic rings. The highest BCUT2D eigenvalue weighted by atomic mass is 19.1. The van der Waals surface area contributed by atoms with E-state index in [9.17, 15) is 9.18 Å². The van der Waals surface area contributed by atoms with E-state index in [1.54, 1.807) is 19.1 Å². The number of amides is 1. The molecule has 3 aromatic rings. The van der Waals surface area contributed by atoms with E-state index >= 15 is 0 Å². The standard InChI is InChI=1S/C20H19FN2O2/c1-12-4-6-15(7-5-12)13(2)22-20(24)18-14(3)25-23-19(18)16-8-10-17(21)11-9-16/h4-11,13H,1-3H3,(H,22,24). The maximum Gasteiger partial charge on any atom is 0.257 e. The van der Waals surface area contributed by atoms with Crippen molar-refractivity contribution >= 4 is 5.91 Å². The lowest BCUT2D eigenvalue weighted by Gasteiger charge is -2.14. The second-order valence-electron chi connectivity index (χ2n) is 6.08. The third-order valence-corrected chi connectivity index (χ3v) is 4.13. The van der Waals surface area contributed by atoms with Crippen molar-refractivity contribution in [1.29, 1.82) is 0 Å². The van der Waals surface area contributed by atoms with Gasteiger partial charge < -0.3 is 9.84 Å². The van der Waals surface area contributed by atoms with Gasteiger partial charge in [-0.1, -0.05) is 35.0 Å². The van der Waals surface area contributed by atoms with E-state index in [-0.39, 0.29) is 17.8 Å². The normalized spacial score (nSPS) is 12.0. The summed E-state index contributed by atoms with van der Waals surface area (Å²) in [7, 11) is 0. The minimum absolute atomic E-state index is 0.163. The fourth-order valence-electron chi connectivity index (χ4n) is 2.65. The van der Waals surface area contributed by atoms with Crippen molar-refractivity contribution in [2.75, 3.05) is 0 Å². The zero-order chi connectivity index (χ0) is 18.0. The molecule has 0 spiro atoms. The number of carbonyl (C=O) groups is 1. The van der Waals surface area contributed by atoms with Gasteiger partial charge in [-0.25, -0.2) is 4.39 Å². The van der Waals surface area contributed by atoms with Crippen molar-refractivity contribution in [3.8, 4) is 11.3 Å². The summed E-state index contributed by atoms with van der Waals surface area (Å²) < 4.78 is 18.3. The summed E-state index contributed by atoms with van der Waals surface area (Å²) >= 11 is 0. The second-order valence-corrected chi connectivity index (χ2v) is 6.08. The quantitative estimate of drug-likeness (QED) is 0.757. The maximum absolute atomic E-state index is 13.1. The molecule has 0 aliphatic carbocycles. The Morgan fingerprint density at radius 3 is 2.36 bits per heavy atom. The largest absolute Gasteiger partial charge is 0.360 e. The number of hydrogen-bond donors (Lipinski definition) is 1. The molecule has 1 heterocycles. The molecule has 1 N–H and O–H groups in total. The van der Waals surface area contributed by atoms with Crippen molar-refractivity contribution in [2.24, 2.45) is 0 Å². The van der Waals surface area contributed by atoms with Gasteiger partial charge in [0.1, 0.15) is 22.8 Å². The van der Waals surface area contributed by atoms with Crippen LogP contribution in [0.25, 0.3) is 11.3 Å². The van der Waals surface area contributed by atoms with Gasteiger partial charge in [0, 0.05) is 5.56 Å². The number of nitrogens with zero attached hydrogens (tertiary/aromatic N) is 1. The lowest BCUT2D eigenvalue weighted by Crippen LogP contribution is -2.27. The summed E-state index contributed by atoms with van der Waals surface area (Å²) in [5.74, 6) is -0.193. The van der Waals surface area contributed by atoms with E-state index in [2.05, 4.69) is 10.5 Å². The van der Waals surface area contributed by atoms with Crippen molar-refractivity contribution in [3.05, 3.63) is 76.8 Å². The molecule has 1 amide bonds. The van der Waals surface area contributed by atoms with E-state index in [1.165, 1.54) is 12.1 Å². The van der Waals surface area contributed by atoms with Crippen LogP contribution in [-0.4, -0.2) is 11.1 Å². The van der Waals surface area contributed by atoms with Gasteiger partial charge in [0.05, 0.1) is 6.04 Å². The average Bonchev–Trinajstić information content (AvgIpc) is 2.97. The van der Waals surface area contributed by atoms with Crippen molar-refractivity contribution < 1.29 is 13.7 Å². The van der Waals surface area contributed by atoms with Gasteiger partial charge >= 0.3 is 0 Å². The number of nitrogens with one attached hydrogen (secondary N) is 1. The van der Waals surface area contributed by atoms with E-state index in [4.69, 9.17) is 4.52 Å². The van der Waals surface area contributed by atoms with Crippen LogP contribution in [0.4, 0.5) is 4.39 Å². The summed E-state index contributed by atoms with van der Waals surface area (Å²) in [6.07, 6.45) is 0. The SMILES string of the molecule is Cc1ccc(C(C)NC(=O)c2c(-c3ccc(F)cc3)noc2C)cc1. The number of benzene rings is 2. The first-order valence-electron chi connectivity index (χ1n) is 8.05. The lowest BCUT2D eigenvalue weighted by atomic mass is 10.0. The molecule has 1 atom stereocenters. The fraction of sp³-hybridized carbons (Fsp3) is 0.200. The Hall–Kier alpha value is -2.95. The van der Waals surface area contributed by atoms with Crippen LogP contribution in [0.1, 0.15) is 40.2 Å². The maximum atomic E-state index is 13.1. The van der Waals surface area contributed by atoms with Crippen LogP contribution in [-0.2, 0) is 0 Å². The first kappa shape index (κ1) is 16.9. The van der Waals surface area contributed by atoms with E-state index < -0.39 is 0 Å². The van der Waals surface area contributed by atoms with Crippen LogP contribution in [0.3, 0.4) is 0 Å². The zero-order valence-electron chi connectivity index (χ0n) is 14.3. The fourth-order valence-corrected chi connectivity index (χ4v) is 2.65. The Morgan fingerprint density at radius 2 is 1.72 bits per heavy atom. The van der Waals surface area contributed by atoms with Crippen LogP contribution >= 0.6 is 0 Å². The molecule has 0 fully saturated rings. The molecular formula is C20H19FN2O2. The van der Waals surface area contributed by atoms with Crippen LogP contribution in [0.5, 0.6) is 0 Å². The first-order chi connectivity index (χ1) is 12.0. The number of hydrogen-bond acceptors (Lipinski definition) is 3. The van der Waals surface area contributed by atoms with Crippen molar-refractivity contribution in [2.45, 2.75) is 26.8 Å². The summed E-state index contributed by atoms with van der Waals surface area (Å²) in [5, 5.41) is 6.94. The highest BCUT2D eigenvalue weighted by Crippen LogP contribution is 2.26. The zero-order valence-corrected chi connectivity index (χ0v) is 14.3. The predicted octanol–water partition coefficient (Wildman–Crippen LogP) is 4.59. The monoisotopic (exact) mass is 338 g/mol. The molecule has 0 aliphatic heterocycles. The lowest BCUT2D eigenvalue weighted by molar-refractivity contribution is 0.0939. The highest BCUT2D eigenvalue weighted by Gasteiger charge is 2.23. The van der Waals surface area contributed by atoms with Crippen molar-refractivity contribution in [3.63, 3.8) is 0 Å². The minimum atomic E-state index is -0.344. The molecule has 1 unspecified atom stereocenters. The van der Waals surface area contributed by atoms with Gasteiger partial charge in [0.25, 0.3) is 5.91 Å². The van der Waals surface area contributed by atoms with Crippen molar-refractivity contribution in [1.82, 2.24) is 10.5 Å². The molecule has 2 aromatic carbocycles. The van der Waals surface area contributed by atoms with Gasteiger partial charge in [-0.3, -0.25) is 4.79 Å². The first-order valence-corrected chi connectivity index (χ1v) is 8.05. The molecule has 1 aromatic heterocycles. The Bertz CT molecular complexity index is 883. The molecule has 25 heavy (non-hydrogen) atoms. The smallest absolute Gasteiger partial charge is 0.257 e. The molecule has 3 rings (SSSR count). The average molecular weight is 338 g/mol. The third kappa shape index (κ3) is 3.60. The Labute approximate surface area is 145 Å². The molecule has 128 valence electrons. The van der Waals surface area contributed by atoms with E-state index in [1.807, 2.05) is 38.1 Å². The van der Waals surface area contributed by atoms with Crippen LogP contribution < -0.4 is 5.32 Å². The summed E-state index contributed by atoms with van der Waals surface area (Å²) in [6, 6.07) is 13.6. The Kier molecular flexibility index (Phi) is 4.65. The van der Waals surface area contributed by atoms with Gasteiger partial charge in [-0.2, -0.15) is 0 Å². The number of aryl methyl sites for hydroxylation is 2. The topological polar surface area (TPSA) is 55.1 Å². The van der Waals surface area contributed by atoms with Crippen LogP contribution in [0, 0.1) is 19.7 Å².